The third kappa shape index (κ3) is 4.71. The first-order valence-corrected chi connectivity index (χ1v) is 6.55. The summed E-state index contributed by atoms with van der Waals surface area (Å²) in [6.45, 7) is 8.82. The maximum atomic E-state index is 9.61. The van der Waals surface area contributed by atoms with Crippen molar-refractivity contribution in [3.8, 4) is 0 Å². The molecule has 0 aromatic carbocycles. The van der Waals surface area contributed by atoms with Crippen molar-refractivity contribution in [1.29, 1.82) is 0 Å². The topological polar surface area (TPSA) is 65.4 Å². The van der Waals surface area contributed by atoms with E-state index in [4.69, 9.17) is 5.11 Å². The highest BCUT2D eigenvalue weighted by atomic mass is 32.1. The van der Waals surface area contributed by atoms with Crippen LogP contribution in [0.2, 0.25) is 0 Å². The van der Waals surface area contributed by atoms with Crippen molar-refractivity contribution in [1.82, 2.24) is 10.3 Å². The molecule has 0 spiro atoms. The molecule has 3 N–H and O–H groups in total. The van der Waals surface area contributed by atoms with E-state index in [0.29, 0.717) is 13.1 Å². The third-order valence-electron chi connectivity index (χ3n) is 2.34. The lowest BCUT2D eigenvalue weighted by Gasteiger charge is -2.20. The molecule has 1 aromatic heterocycles. The Bertz CT molecular complexity index is 356. The number of aromatic nitrogens is 1. The second-order valence-corrected chi connectivity index (χ2v) is 6.76. The van der Waals surface area contributed by atoms with Gasteiger partial charge in [-0.1, -0.05) is 20.8 Å². The van der Waals surface area contributed by atoms with Gasteiger partial charge in [-0.3, -0.25) is 0 Å². The fourth-order valence-electron chi connectivity index (χ4n) is 1.25. The van der Waals surface area contributed by atoms with Crippen molar-refractivity contribution < 1.29 is 10.2 Å². The van der Waals surface area contributed by atoms with Crippen molar-refractivity contribution in [2.24, 2.45) is 0 Å². The monoisotopic (exact) mass is 258 g/mol. The fourth-order valence-corrected chi connectivity index (χ4v) is 2.19. The van der Waals surface area contributed by atoms with Crippen LogP contribution in [-0.4, -0.2) is 33.9 Å². The Kier molecular flexibility index (Phi) is 4.66. The number of nitrogens with one attached hydrogen (secondary N) is 1. The normalized spacial score (nSPS) is 15.9. The zero-order valence-electron chi connectivity index (χ0n) is 10.9. The minimum absolute atomic E-state index is 0.0828. The van der Waals surface area contributed by atoms with E-state index in [-0.39, 0.29) is 12.0 Å². The van der Waals surface area contributed by atoms with Gasteiger partial charge >= 0.3 is 0 Å². The minimum Gasteiger partial charge on any atom is -0.393 e. The summed E-state index contributed by atoms with van der Waals surface area (Å²) in [5.74, 6) is 0. The predicted molar refractivity (Wildman–Crippen MR) is 70.2 cm³/mol. The SMILES string of the molecule is CC(O)(CO)CNCc1cnc(C(C)(C)C)s1. The summed E-state index contributed by atoms with van der Waals surface area (Å²) in [5, 5.41) is 22.7. The standard InChI is InChI=1S/C12H22N2O2S/c1-11(2,3)10-14-6-9(17-10)5-13-7-12(4,16)8-15/h6,13,15-16H,5,7-8H2,1-4H3. The van der Waals surface area contributed by atoms with Crippen molar-refractivity contribution in [3.05, 3.63) is 16.1 Å². The number of aliphatic hydroxyl groups is 2. The molecule has 0 saturated carbocycles. The first-order chi connectivity index (χ1) is 7.74. The third-order valence-corrected chi connectivity index (χ3v) is 3.76. The van der Waals surface area contributed by atoms with Gasteiger partial charge in [0, 0.05) is 29.6 Å². The molecule has 1 unspecified atom stereocenters. The summed E-state index contributed by atoms with van der Waals surface area (Å²) >= 11 is 1.68. The number of hydrogen-bond donors (Lipinski definition) is 3. The van der Waals surface area contributed by atoms with Crippen molar-refractivity contribution >= 4 is 11.3 Å². The Labute approximate surface area is 107 Å². The van der Waals surface area contributed by atoms with Gasteiger partial charge in [0.15, 0.2) is 0 Å². The number of hydrogen-bond acceptors (Lipinski definition) is 5. The number of nitrogens with zero attached hydrogens (tertiary/aromatic N) is 1. The summed E-state index contributed by atoms with van der Waals surface area (Å²) in [5.41, 5.74) is -0.975. The van der Waals surface area contributed by atoms with Crippen LogP contribution in [0, 0.1) is 0 Å². The molecule has 1 rings (SSSR count). The second kappa shape index (κ2) is 5.44. The van der Waals surface area contributed by atoms with Crippen LogP contribution in [0.3, 0.4) is 0 Å². The average Bonchev–Trinajstić information content (AvgIpc) is 2.66. The highest BCUT2D eigenvalue weighted by molar-refractivity contribution is 7.11. The highest BCUT2D eigenvalue weighted by Gasteiger charge is 2.20. The van der Waals surface area contributed by atoms with E-state index in [1.54, 1.807) is 18.3 Å². The summed E-state index contributed by atoms with van der Waals surface area (Å²) in [6.07, 6.45) is 1.87. The van der Waals surface area contributed by atoms with Crippen molar-refractivity contribution in [2.75, 3.05) is 13.2 Å². The van der Waals surface area contributed by atoms with E-state index in [1.165, 1.54) is 0 Å². The molecule has 1 atom stereocenters. The van der Waals surface area contributed by atoms with Crippen molar-refractivity contribution in [2.45, 2.75) is 45.3 Å². The van der Waals surface area contributed by atoms with Gasteiger partial charge in [0.25, 0.3) is 0 Å². The molecule has 0 aliphatic carbocycles. The number of thiazole rings is 1. The van der Waals surface area contributed by atoms with E-state index >= 15 is 0 Å². The van der Waals surface area contributed by atoms with Gasteiger partial charge < -0.3 is 15.5 Å². The van der Waals surface area contributed by atoms with Crippen molar-refractivity contribution in [3.63, 3.8) is 0 Å². The van der Waals surface area contributed by atoms with Crippen LogP contribution in [0.15, 0.2) is 6.20 Å². The predicted octanol–water partition coefficient (Wildman–Crippen LogP) is 1.27. The molecule has 0 fully saturated rings. The van der Waals surface area contributed by atoms with Gasteiger partial charge in [-0.15, -0.1) is 11.3 Å². The van der Waals surface area contributed by atoms with Gasteiger partial charge in [-0.25, -0.2) is 4.98 Å². The van der Waals surface area contributed by atoms with E-state index in [9.17, 15) is 5.11 Å². The van der Waals surface area contributed by atoms with Crippen LogP contribution in [0.5, 0.6) is 0 Å². The van der Waals surface area contributed by atoms with E-state index in [0.717, 1.165) is 9.88 Å². The largest absolute Gasteiger partial charge is 0.393 e. The summed E-state index contributed by atoms with van der Waals surface area (Å²) in [7, 11) is 0. The molecule has 1 heterocycles. The first-order valence-electron chi connectivity index (χ1n) is 5.74. The van der Waals surface area contributed by atoms with Gasteiger partial charge in [-0.2, -0.15) is 0 Å². The lowest BCUT2D eigenvalue weighted by molar-refractivity contribution is 0.00258. The maximum absolute atomic E-state index is 9.61. The zero-order chi connectivity index (χ0) is 13.1. The van der Waals surface area contributed by atoms with Gasteiger partial charge in [0.1, 0.15) is 0 Å². The summed E-state index contributed by atoms with van der Waals surface area (Å²) in [4.78, 5) is 5.53. The second-order valence-electron chi connectivity index (χ2n) is 5.64. The van der Waals surface area contributed by atoms with E-state index in [2.05, 4.69) is 31.1 Å². The molecule has 0 aliphatic rings. The zero-order valence-corrected chi connectivity index (χ0v) is 11.8. The Morgan fingerprint density at radius 1 is 1.35 bits per heavy atom. The molecule has 5 heteroatoms. The van der Waals surface area contributed by atoms with Crippen LogP contribution in [0.1, 0.15) is 37.6 Å². The molecule has 0 saturated heterocycles. The fraction of sp³-hybridized carbons (Fsp3) is 0.750. The van der Waals surface area contributed by atoms with E-state index < -0.39 is 5.60 Å². The summed E-state index contributed by atoms with van der Waals surface area (Å²) < 4.78 is 0. The molecule has 17 heavy (non-hydrogen) atoms. The van der Waals surface area contributed by atoms with Crippen LogP contribution in [0.25, 0.3) is 0 Å². The smallest absolute Gasteiger partial charge is 0.0981 e. The van der Waals surface area contributed by atoms with Crippen LogP contribution in [0.4, 0.5) is 0 Å². The Hall–Kier alpha value is -0.490. The van der Waals surface area contributed by atoms with Crippen LogP contribution >= 0.6 is 11.3 Å². The lowest BCUT2D eigenvalue weighted by Crippen LogP contribution is -2.40. The molecule has 0 bridgehead atoms. The quantitative estimate of drug-likeness (QED) is 0.744. The van der Waals surface area contributed by atoms with Crippen LogP contribution < -0.4 is 5.32 Å². The number of aliphatic hydroxyl groups excluding tert-OH is 1. The van der Waals surface area contributed by atoms with Gasteiger partial charge in [-0.05, 0) is 6.92 Å². The Morgan fingerprint density at radius 3 is 2.47 bits per heavy atom. The molecule has 4 nitrogen and oxygen atoms in total. The summed E-state index contributed by atoms with van der Waals surface area (Å²) in [6, 6.07) is 0. The molecule has 0 aliphatic heterocycles. The highest BCUT2D eigenvalue weighted by Crippen LogP contribution is 2.26. The van der Waals surface area contributed by atoms with Crippen LogP contribution in [-0.2, 0) is 12.0 Å². The molecule has 0 amide bonds. The Balaban J connectivity index is 2.46. The molecule has 1 aromatic rings. The Morgan fingerprint density at radius 2 is 2.00 bits per heavy atom. The van der Waals surface area contributed by atoms with Gasteiger partial charge in [0.05, 0.1) is 17.2 Å². The molecular formula is C12H22N2O2S. The average molecular weight is 258 g/mol. The van der Waals surface area contributed by atoms with E-state index in [1.807, 2.05) is 6.20 Å². The first kappa shape index (κ1) is 14.6. The van der Waals surface area contributed by atoms with Gasteiger partial charge in [0.2, 0.25) is 0 Å². The molecular weight excluding hydrogens is 236 g/mol. The molecule has 98 valence electrons. The minimum atomic E-state index is -1.06. The number of rotatable bonds is 5. The lowest BCUT2D eigenvalue weighted by atomic mass is 9.98. The maximum Gasteiger partial charge on any atom is 0.0981 e. The molecule has 0 radical (unpaired) electrons.